The zero-order chi connectivity index (χ0) is 23.9. The number of benzene rings is 2. The van der Waals surface area contributed by atoms with Crippen molar-refractivity contribution < 1.29 is 19.6 Å². The lowest BCUT2D eigenvalue weighted by molar-refractivity contribution is 0.311. The van der Waals surface area contributed by atoms with E-state index in [9.17, 15) is 15.1 Å². The fourth-order valence-electron chi connectivity index (χ4n) is 3.40. The van der Waals surface area contributed by atoms with Gasteiger partial charge in [-0.25, -0.2) is 4.98 Å². The van der Waals surface area contributed by atoms with Crippen molar-refractivity contribution in [1.29, 1.82) is 0 Å². The van der Waals surface area contributed by atoms with Gasteiger partial charge >= 0.3 is 0 Å². The van der Waals surface area contributed by atoms with Gasteiger partial charge in [0.05, 0.1) is 27.4 Å². The number of phenolic OH excluding ortho intramolecular Hbond substituents is 1. The molecule has 12 heteroatoms. The van der Waals surface area contributed by atoms with E-state index in [1.54, 1.807) is 18.5 Å². The molecule has 2 heterocycles. The average Bonchev–Trinajstić information content (AvgIpc) is 3.25. The van der Waals surface area contributed by atoms with Gasteiger partial charge < -0.3 is 34.8 Å². The third-order valence-electron chi connectivity index (χ3n) is 5.04. The van der Waals surface area contributed by atoms with E-state index in [2.05, 4.69) is 35.1 Å². The Labute approximate surface area is 200 Å². The smallest absolute Gasteiger partial charge is 0.226 e. The summed E-state index contributed by atoms with van der Waals surface area (Å²) in [6.07, 6.45) is 2.66. The number of hydrogen-bond donors (Lipinski definition) is 5. The van der Waals surface area contributed by atoms with E-state index < -0.39 is 8.15 Å². The van der Waals surface area contributed by atoms with E-state index >= 15 is 0 Å². The summed E-state index contributed by atoms with van der Waals surface area (Å²) in [6, 6.07) is 14.6. The number of aryl methyl sites for hydroxylation is 2. The van der Waals surface area contributed by atoms with Crippen LogP contribution in [0.4, 0.5) is 17.5 Å². The van der Waals surface area contributed by atoms with Crippen LogP contribution in [0.25, 0.3) is 11.2 Å². The summed E-state index contributed by atoms with van der Waals surface area (Å²) in [5.41, 5.74) is 3.03. The van der Waals surface area contributed by atoms with Gasteiger partial charge in [0.2, 0.25) is 5.95 Å². The Balaban J connectivity index is 1.60. The van der Waals surface area contributed by atoms with Crippen LogP contribution in [0.1, 0.15) is 5.56 Å². The van der Waals surface area contributed by atoms with Crippen LogP contribution in [0, 0.1) is 0 Å². The first kappa shape index (κ1) is 24.3. The number of aliphatic hydroxyl groups is 1. The second-order valence-corrected chi connectivity index (χ2v) is 9.35. The molecule has 0 aliphatic carbocycles. The molecule has 2 aromatic carbocycles. The number of phenols is 1. The molecule has 178 valence electrons. The normalized spacial score (nSPS) is 12.1. The topological polar surface area (TPSA) is 138 Å². The van der Waals surface area contributed by atoms with Crippen LogP contribution in [-0.4, -0.2) is 54.1 Å². The van der Waals surface area contributed by atoms with Crippen LogP contribution in [0.5, 0.6) is 5.75 Å². The zero-order valence-corrected chi connectivity index (χ0v) is 20.3. The van der Waals surface area contributed by atoms with Gasteiger partial charge in [-0.1, -0.05) is 24.3 Å². The minimum Gasteiger partial charge on any atom is -0.508 e. The lowest BCUT2D eigenvalue weighted by Crippen LogP contribution is -2.11. The van der Waals surface area contributed by atoms with E-state index in [0.29, 0.717) is 42.4 Å². The van der Waals surface area contributed by atoms with Crippen LogP contribution < -0.4 is 15.9 Å². The molecule has 0 amide bonds. The van der Waals surface area contributed by atoms with Gasteiger partial charge in [-0.2, -0.15) is 9.97 Å². The third kappa shape index (κ3) is 5.97. The van der Waals surface area contributed by atoms with Crippen molar-refractivity contribution >= 4 is 51.5 Å². The summed E-state index contributed by atoms with van der Waals surface area (Å²) in [5.74, 6) is 1.13. The Kier molecular flexibility index (Phi) is 8.21. The highest BCUT2D eigenvalue weighted by molar-refractivity contribution is 7.59. The Morgan fingerprint density at radius 3 is 2.68 bits per heavy atom. The van der Waals surface area contributed by atoms with Gasteiger partial charge in [0.1, 0.15) is 5.75 Å². The Morgan fingerprint density at radius 1 is 1.12 bits per heavy atom. The molecule has 0 aliphatic heterocycles. The van der Waals surface area contributed by atoms with E-state index in [1.165, 1.54) is 0 Å². The second kappa shape index (κ2) is 11.5. The molecular weight excluding hydrogens is 474 g/mol. The van der Waals surface area contributed by atoms with E-state index in [0.717, 1.165) is 16.6 Å². The first-order valence-corrected chi connectivity index (χ1v) is 12.5. The molecule has 34 heavy (non-hydrogen) atoms. The van der Waals surface area contributed by atoms with E-state index in [1.807, 2.05) is 41.0 Å². The average molecular weight is 500 g/mol. The number of hydrogen-bond acceptors (Lipinski definition) is 9. The molecular formula is C22H26N6O4P2. The molecule has 0 aliphatic rings. The van der Waals surface area contributed by atoms with Crippen molar-refractivity contribution in [2.45, 2.75) is 13.0 Å². The Hall–Kier alpha value is -2.87. The predicted octanol–water partition coefficient (Wildman–Crippen LogP) is 2.70. The van der Waals surface area contributed by atoms with Gasteiger partial charge in [0, 0.05) is 33.5 Å². The second-order valence-electron chi connectivity index (χ2n) is 7.44. The van der Waals surface area contributed by atoms with Gasteiger partial charge in [0.15, 0.2) is 17.0 Å². The van der Waals surface area contributed by atoms with Gasteiger partial charge in [-0.15, -0.1) is 0 Å². The molecule has 0 radical (unpaired) electrons. The van der Waals surface area contributed by atoms with E-state index in [4.69, 9.17) is 4.52 Å². The Bertz CT molecular complexity index is 1240. The van der Waals surface area contributed by atoms with Gasteiger partial charge in [-0.3, -0.25) is 0 Å². The maximum absolute atomic E-state index is 10.1. The van der Waals surface area contributed by atoms with E-state index in [-0.39, 0.29) is 18.7 Å². The minimum absolute atomic E-state index is 0.0491. The summed E-state index contributed by atoms with van der Waals surface area (Å²) in [4.78, 5) is 23.8. The van der Waals surface area contributed by atoms with Crippen molar-refractivity contribution in [3.8, 4) is 5.75 Å². The standard InChI is InChI=1S/C22H26N6O4P2/c29-11-9-23-22-26-20(25-16-4-6-18(7-5-16)34(31)14-32-33)19-21(27-22)28(13-24-19)10-8-15-2-1-3-17(30)12-15/h1-7,12-13,29-31H,8-11,14,33H2,(H2,23,25,26,27). The molecule has 0 saturated heterocycles. The fourth-order valence-corrected chi connectivity index (χ4v) is 4.61. The van der Waals surface area contributed by atoms with Crippen LogP contribution in [0.2, 0.25) is 0 Å². The largest absolute Gasteiger partial charge is 0.508 e. The molecule has 0 bridgehead atoms. The maximum atomic E-state index is 10.1. The lowest BCUT2D eigenvalue weighted by Gasteiger charge is -2.12. The first-order chi connectivity index (χ1) is 16.6. The molecule has 4 aromatic rings. The maximum Gasteiger partial charge on any atom is 0.226 e. The molecule has 0 fully saturated rings. The van der Waals surface area contributed by atoms with Crippen LogP contribution >= 0.6 is 17.6 Å². The molecule has 0 spiro atoms. The Morgan fingerprint density at radius 2 is 1.94 bits per heavy atom. The van der Waals surface area contributed by atoms with Crippen molar-refractivity contribution in [3.05, 3.63) is 60.4 Å². The van der Waals surface area contributed by atoms with Crippen LogP contribution in [0.3, 0.4) is 0 Å². The summed E-state index contributed by atoms with van der Waals surface area (Å²) >= 11 is 0. The predicted molar refractivity (Wildman–Crippen MR) is 137 cm³/mol. The van der Waals surface area contributed by atoms with Gasteiger partial charge in [-0.05, 0) is 36.2 Å². The van der Waals surface area contributed by atoms with Gasteiger partial charge in [0.25, 0.3) is 0 Å². The number of imidazole rings is 1. The fraction of sp³-hybridized carbons (Fsp3) is 0.227. The third-order valence-corrected chi connectivity index (χ3v) is 6.77. The highest BCUT2D eigenvalue weighted by atomic mass is 31.1. The molecule has 4 rings (SSSR count). The van der Waals surface area contributed by atoms with Crippen LogP contribution in [-0.2, 0) is 17.5 Å². The number of nitrogens with zero attached hydrogens (tertiary/aromatic N) is 4. The SMILES string of the molecule is OCCNc1nc(Nc2ccc(P(O)COP)cc2)c2ncn(CCc3cccc(O)c3)c2n1. The van der Waals surface area contributed by atoms with Crippen molar-refractivity contribution in [1.82, 2.24) is 19.5 Å². The zero-order valence-electron chi connectivity index (χ0n) is 18.3. The van der Waals surface area contributed by atoms with Crippen LogP contribution in [0.15, 0.2) is 54.9 Å². The molecule has 5 N–H and O–H groups in total. The summed E-state index contributed by atoms with van der Waals surface area (Å²) < 4.78 is 6.88. The molecule has 2 atom stereocenters. The quantitative estimate of drug-likeness (QED) is 0.197. The lowest BCUT2D eigenvalue weighted by atomic mass is 10.1. The molecule has 2 unspecified atom stereocenters. The number of aromatic nitrogens is 4. The summed E-state index contributed by atoms with van der Waals surface area (Å²) in [6.45, 7) is 0.879. The number of fused-ring (bicyclic) bond motifs is 1. The summed E-state index contributed by atoms with van der Waals surface area (Å²) in [7, 11) is 0.772. The number of nitrogens with one attached hydrogen (secondary N) is 2. The van der Waals surface area contributed by atoms with Crippen molar-refractivity contribution in [2.75, 3.05) is 30.1 Å². The number of aromatic hydroxyl groups is 1. The highest BCUT2D eigenvalue weighted by Crippen LogP contribution is 2.31. The number of anilines is 3. The molecule has 10 nitrogen and oxygen atoms in total. The first-order valence-electron chi connectivity index (χ1n) is 10.6. The number of aliphatic hydroxyl groups excluding tert-OH is 1. The minimum atomic E-state index is -1.37. The van der Waals surface area contributed by atoms with Crippen molar-refractivity contribution in [3.63, 3.8) is 0 Å². The number of rotatable bonds is 11. The van der Waals surface area contributed by atoms with Crippen molar-refractivity contribution in [2.24, 2.45) is 0 Å². The monoisotopic (exact) mass is 500 g/mol. The molecule has 2 aromatic heterocycles. The molecule has 0 saturated carbocycles. The summed E-state index contributed by atoms with van der Waals surface area (Å²) in [5, 5.41) is 26.0. The highest BCUT2D eigenvalue weighted by Gasteiger charge is 2.15.